The molecule has 1 aromatic heterocycles. The van der Waals surface area contributed by atoms with Gasteiger partial charge in [-0.05, 0) is 38.0 Å². The largest absolute Gasteiger partial charge is 0.323 e. The molecule has 94 valence electrons. The van der Waals surface area contributed by atoms with Gasteiger partial charge in [0, 0.05) is 16.8 Å². The van der Waals surface area contributed by atoms with Crippen molar-refractivity contribution in [3.05, 3.63) is 15.6 Å². The minimum Gasteiger partial charge on any atom is -0.323 e. The van der Waals surface area contributed by atoms with E-state index in [1.165, 1.54) is 47.7 Å². The predicted molar refractivity (Wildman–Crippen MR) is 72.4 cm³/mol. The molecular weight excluding hydrogens is 228 g/mol. The predicted octanol–water partition coefficient (Wildman–Crippen LogP) is 3.77. The third kappa shape index (κ3) is 2.27. The molecule has 1 aromatic rings. The Hall–Kier alpha value is -0.410. The number of aromatic nitrogens is 1. The molecule has 2 N–H and O–H groups in total. The fourth-order valence-corrected chi connectivity index (χ4v) is 4.47. The second kappa shape index (κ2) is 4.69. The number of aryl methyl sites for hydroxylation is 1. The molecule has 3 rings (SSSR count). The summed E-state index contributed by atoms with van der Waals surface area (Å²) in [5.41, 5.74) is 7.50. The highest BCUT2D eigenvalue weighted by molar-refractivity contribution is 7.12. The molecule has 17 heavy (non-hydrogen) atoms. The summed E-state index contributed by atoms with van der Waals surface area (Å²) in [6.45, 7) is 2.37. The van der Waals surface area contributed by atoms with Crippen LogP contribution in [0, 0.1) is 5.92 Å². The number of hydrogen-bond donors (Lipinski definition) is 1. The topological polar surface area (TPSA) is 38.9 Å². The van der Waals surface area contributed by atoms with Gasteiger partial charge in [0.1, 0.15) is 0 Å². The van der Waals surface area contributed by atoms with E-state index < -0.39 is 0 Å². The molecule has 1 atom stereocenters. The molecule has 2 aliphatic rings. The van der Waals surface area contributed by atoms with E-state index in [-0.39, 0.29) is 6.04 Å². The molecule has 0 aromatic carbocycles. The van der Waals surface area contributed by atoms with Crippen molar-refractivity contribution in [2.24, 2.45) is 11.7 Å². The van der Waals surface area contributed by atoms with E-state index in [0.717, 1.165) is 24.7 Å². The van der Waals surface area contributed by atoms with E-state index in [1.807, 2.05) is 11.3 Å². The van der Waals surface area contributed by atoms with Gasteiger partial charge in [-0.3, -0.25) is 0 Å². The maximum Gasteiger partial charge on any atom is 0.0962 e. The Morgan fingerprint density at radius 2 is 1.94 bits per heavy atom. The van der Waals surface area contributed by atoms with Crippen LogP contribution in [-0.4, -0.2) is 4.98 Å². The Morgan fingerprint density at radius 3 is 2.65 bits per heavy atom. The highest BCUT2D eigenvalue weighted by Crippen LogP contribution is 2.41. The molecule has 0 amide bonds. The van der Waals surface area contributed by atoms with Gasteiger partial charge in [0.2, 0.25) is 0 Å². The second-order valence-corrected chi connectivity index (χ2v) is 6.88. The van der Waals surface area contributed by atoms with Crippen molar-refractivity contribution in [2.45, 2.75) is 63.8 Å². The van der Waals surface area contributed by atoms with Crippen LogP contribution in [0.15, 0.2) is 0 Å². The third-order valence-corrected chi connectivity index (χ3v) is 5.77. The first-order valence-electron chi connectivity index (χ1n) is 6.99. The number of nitrogens with two attached hydrogens (primary N) is 1. The van der Waals surface area contributed by atoms with E-state index in [0.29, 0.717) is 0 Å². The van der Waals surface area contributed by atoms with Gasteiger partial charge in [-0.2, -0.15) is 0 Å². The zero-order valence-electron chi connectivity index (χ0n) is 10.6. The van der Waals surface area contributed by atoms with Crippen LogP contribution in [0.3, 0.4) is 0 Å². The standard InChI is InChI=1S/C14H22N2S/c1-9-5-7-10(8-6-9)14-16-12-4-2-3-11(15)13(12)17-14/h9-11H,2-8,15H2,1H3. The second-order valence-electron chi connectivity index (χ2n) is 5.82. The Labute approximate surface area is 108 Å². The molecule has 0 saturated heterocycles. The van der Waals surface area contributed by atoms with Gasteiger partial charge in [-0.1, -0.05) is 19.8 Å². The number of hydrogen-bond acceptors (Lipinski definition) is 3. The van der Waals surface area contributed by atoms with Gasteiger partial charge in [0.25, 0.3) is 0 Å². The van der Waals surface area contributed by atoms with Crippen LogP contribution >= 0.6 is 11.3 Å². The SMILES string of the molecule is CC1CCC(c2nc3c(s2)C(N)CCC3)CC1. The van der Waals surface area contributed by atoms with Gasteiger partial charge in [-0.15, -0.1) is 11.3 Å². The number of rotatable bonds is 1. The number of nitrogens with zero attached hydrogens (tertiary/aromatic N) is 1. The smallest absolute Gasteiger partial charge is 0.0962 e. The summed E-state index contributed by atoms with van der Waals surface area (Å²) in [4.78, 5) is 6.28. The normalized spacial score (nSPS) is 33.4. The van der Waals surface area contributed by atoms with Gasteiger partial charge < -0.3 is 5.73 Å². The van der Waals surface area contributed by atoms with Crippen molar-refractivity contribution < 1.29 is 0 Å². The Balaban J connectivity index is 1.80. The Kier molecular flexibility index (Phi) is 3.22. The van der Waals surface area contributed by atoms with Gasteiger partial charge in [-0.25, -0.2) is 4.98 Å². The molecule has 2 aliphatic carbocycles. The maximum absolute atomic E-state index is 6.18. The van der Waals surface area contributed by atoms with Crippen molar-refractivity contribution in [1.82, 2.24) is 4.98 Å². The zero-order chi connectivity index (χ0) is 11.8. The fourth-order valence-electron chi connectivity index (χ4n) is 3.15. The molecule has 0 radical (unpaired) electrons. The van der Waals surface area contributed by atoms with Gasteiger partial charge in [0.05, 0.1) is 10.7 Å². The monoisotopic (exact) mass is 250 g/mol. The molecular formula is C14H22N2S. The number of thiazole rings is 1. The van der Waals surface area contributed by atoms with Crippen LogP contribution in [0.5, 0.6) is 0 Å². The summed E-state index contributed by atoms with van der Waals surface area (Å²) >= 11 is 1.92. The highest BCUT2D eigenvalue weighted by atomic mass is 32.1. The van der Waals surface area contributed by atoms with Crippen LogP contribution in [0.25, 0.3) is 0 Å². The number of fused-ring (bicyclic) bond motifs is 1. The Bertz CT molecular complexity index is 391. The quantitative estimate of drug-likeness (QED) is 0.824. The van der Waals surface area contributed by atoms with Crippen molar-refractivity contribution >= 4 is 11.3 Å². The summed E-state index contributed by atoms with van der Waals surface area (Å²) < 4.78 is 0. The van der Waals surface area contributed by atoms with Crippen LogP contribution in [0.1, 0.15) is 73.0 Å². The molecule has 3 heteroatoms. The summed E-state index contributed by atoms with van der Waals surface area (Å²) in [7, 11) is 0. The summed E-state index contributed by atoms with van der Waals surface area (Å²) in [6, 6.07) is 0.271. The zero-order valence-corrected chi connectivity index (χ0v) is 11.4. The average molecular weight is 250 g/mol. The van der Waals surface area contributed by atoms with Gasteiger partial charge in [0.15, 0.2) is 0 Å². The lowest BCUT2D eigenvalue weighted by atomic mass is 9.83. The third-order valence-electron chi connectivity index (χ3n) is 4.37. The first-order chi connectivity index (χ1) is 8.24. The van der Waals surface area contributed by atoms with E-state index >= 15 is 0 Å². The Morgan fingerprint density at radius 1 is 1.18 bits per heavy atom. The molecule has 2 nitrogen and oxygen atoms in total. The van der Waals surface area contributed by atoms with Crippen molar-refractivity contribution in [1.29, 1.82) is 0 Å². The summed E-state index contributed by atoms with van der Waals surface area (Å²) in [6.07, 6.45) is 8.95. The molecule has 0 aliphatic heterocycles. The first-order valence-corrected chi connectivity index (χ1v) is 7.80. The average Bonchev–Trinajstić information content (AvgIpc) is 2.75. The highest BCUT2D eigenvalue weighted by Gasteiger charge is 2.27. The van der Waals surface area contributed by atoms with Crippen molar-refractivity contribution in [2.75, 3.05) is 0 Å². The lowest BCUT2D eigenvalue weighted by Gasteiger charge is -2.24. The first kappa shape index (κ1) is 11.7. The summed E-state index contributed by atoms with van der Waals surface area (Å²) in [5.74, 6) is 1.65. The molecule has 0 bridgehead atoms. The van der Waals surface area contributed by atoms with E-state index in [2.05, 4.69) is 6.92 Å². The molecule has 1 heterocycles. The van der Waals surface area contributed by atoms with E-state index in [4.69, 9.17) is 10.7 Å². The van der Waals surface area contributed by atoms with Crippen LogP contribution in [-0.2, 0) is 6.42 Å². The van der Waals surface area contributed by atoms with Gasteiger partial charge >= 0.3 is 0 Å². The van der Waals surface area contributed by atoms with E-state index in [9.17, 15) is 0 Å². The summed E-state index contributed by atoms with van der Waals surface area (Å²) in [5, 5.41) is 1.39. The van der Waals surface area contributed by atoms with Crippen molar-refractivity contribution in [3.8, 4) is 0 Å². The van der Waals surface area contributed by atoms with Crippen LogP contribution < -0.4 is 5.73 Å². The molecule has 1 unspecified atom stereocenters. The molecule has 0 spiro atoms. The lowest BCUT2D eigenvalue weighted by Crippen LogP contribution is -2.15. The lowest BCUT2D eigenvalue weighted by molar-refractivity contribution is 0.347. The minimum absolute atomic E-state index is 0.271. The van der Waals surface area contributed by atoms with Crippen molar-refractivity contribution in [3.63, 3.8) is 0 Å². The minimum atomic E-state index is 0.271. The van der Waals surface area contributed by atoms with E-state index in [1.54, 1.807) is 0 Å². The molecule has 1 fully saturated rings. The van der Waals surface area contributed by atoms with Crippen LogP contribution in [0.4, 0.5) is 0 Å². The van der Waals surface area contributed by atoms with Crippen LogP contribution in [0.2, 0.25) is 0 Å². The maximum atomic E-state index is 6.18. The fraction of sp³-hybridized carbons (Fsp3) is 0.786. The molecule has 1 saturated carbocycles.